The number of hydrogen-bond acceptors (Lipinski definition) is 5. The molecule has 1 aromatic carbocycles. The van der Waals surface area contributed by atoms with Crippen LogP contribution in [0.5, 0.6) is 17.4 Å². The van der Waals surface area contributed by atoms with E-state index in [1.807, 2.05) is 0 Å². The molecule has 0 atom stereocenters. The van der Waals surface area contributed by atoms with Gasteiger partial charge in [-0.2, -0.15) is 18.2 Å². The molecule has 1 N–H and O–H groups in total. The maximum Gasteiger partial charge on any atom is 0.419 e. The molecule has 0 spiro atoms. The van der Waals surface area contributed by atoms with Crippen LogP contribution in [0.3, 0.4) is 0 Å². The van der Waals surface area contributed by atoms with E-state index >= 15 is 0 Å². The Labute approximate surface area is 118 Å². The molecule has 0 bridgehead atoms. The molecular formula is C13H12F3N3O2. The van der Waals surface area contributed by atoms with Crippen LogP contribution in [0.25, 0.3) is 0 Å². The zero-order valence-corrected chi connectivity index (χ0v) is 11.2. The summed E-state index contributed by atoms with van der Waals surface area (Å²) in [5, 5.41) is 2.74. The molecule has 0 saturated carbocycles. The maximum atomic E-state index is 12.9. The fourth-order valence-corrected chi connectivity index (χ4v) is 1.69. The molecule has 112 valence electrons. The molecule has 0 fully saturated rings. The Bertz CT molecular complexity index is 632. The SMILES string of the molecule is CNc1ncnc(Oc2ccccc2C(F)(F)F)c1OC. The van der Waals surface area contributed by atoms with Gasteiger partial charge in [0.1, 0.15) is 12.1 Å². The molecule has 1 aromatic heterocycles. The van der Waals surface area contributed by atoms with Gasteiger partial charge in [0.15, 0.2) is 5.82 Å². The number of rotatable bonds is 4. The summed E-state index contributed by atoms with van der Waals surface area (Å²) in [6.45, 7) is 0. The smallest absolute Gasteiger partial charge is 0.419 e. The number of benzene rings is 1. The van der Waals surface area contributed by atoms with Crippen LogP contribution in [0.4, 0.5) is 19.0 Å². The van der Waals surface area contributed by atoms with Crippen molar-refractivity contribution in [2.45, 2.75) is 6.18 Å². The first-order valence-corrected chi connectivity index (χ1v) is 5.88. The third-order valence-corrected chi connectivity index (χ3v) is 2.61. The Balaban J connectivity index is 2.44. The van der Waals surface area contributed by atoms with Crippen molar-refractivity contribution in [1.29, 1.82) is 0 Å². The van der Waals surface area contributed by atoms with Crippen LogP contribution in [-0.2, 0) is 6.18 Å². The van der Waals surface area contributed by atoms with Gasteiger partial charge in [-0.3, -0.25) is 0 Å². The second-order valence-corrected chi connectivity index (χ2v) is 3.91. The Morgan fingerprint density at radius 1 is 1.14 bits per heavy atom. The van der Waals surface area contributed by atoms with Gasteiger partial charge in [-0.1, -0.05) is 12.1 Å². The number of ether oxygens (including phenoxy) is 2. The van der Waals surface area contributed by atoms with Crippen LogP contribution in [0.15, 0.2) is 30.6 Å². The summed E-state index contributed by atoms with van der Waals surface area (Å²) >= 11 is 0. The van der Waals surface area contributed by atoms with Crippen LogP contribution in [-0.4, -0.2) is 24.1 Å². The van der Waals surface area contributed by atoms with E-state index in [1.54, 1.807) is 7.05 Å². The number of aromatic nitrogens is 2. The quantitative estimate of drug-likeness (QED) is 0.938. The van der Waals surface area contributed by atoms with Crippen molar-refractivity contribution in [2.75, 3.05) is 19.5 Å². The summed E-state index contributed by atoms with van der Waals surface area (Å²) < 4.78 is 49.1. The number of hydrogen-bond donors (Lipinski definition) is 1. The van der Waals surface area contributed by atoms with Crippen LogP contribution >= 0.6 is 0 Å². The highest BCUT2D eigenvalue weighted by Crippen LogP contribution is 2.40. The number of alkyl halides is 3. The van der Waals surface area contributed by atoms with Gasteiger partial charge in [0.25, 0.3) is 5.88 Å². The minimum absolute atomic E-state index is 0.103. The molecule has 5 nitrogen and oxygen atoms in total. The van der Waals surface area contributed by atoms with E-state index < -0.39 is 11.7 Å². The number of para-hydroxylation sites is 1. The zero-order valence-electron chi connectivity index (χ0n) is 11.2. The summed E-state index contributed by atoms with van der Waals surface area (Å²) in [5.74, 6) is -0.0263. The highest BCUT2D eigenvalue weighted by Gasteiger charge is 2.34. The molecule has 0 radical (unpaired) electrons. The van der Waals surface area contributed by atoms with Crippen molar-refractivity contribution >= 4 is 5.82 Å². The van der Waals surface area contributed by atoms with Gasteiger partial charge in [-0.15, -0.1) is 0 Å². The lowest BCUT2D eigenvalue weighted by Gasteiger charge is -2.15. The van der Waals surface area contributed by atoms with Crippen molar-refractivity contribution in [3.63, 3.8) is 0 Å². The second-order valence-electron chi connectivity index (χ2n) is 3.91. The normalized spacial score (nSPS) is 11.1. The molecule has 0 unspecified atom stereocenters. The third kappa shape index (κ3) is 3.15. The molecule has 2 aromatic rings. The van der Waals surface area contributed by atoms with Gasteiger partial charge in [-0.05, 0) is 12.1 Å². The molecular weight excluding hydrogens is 287 g/mol. The van der Waals surface area contributed by atoms with Crippen molar-refractivity contribution in [3.05, 3.63) is 36.2 Å². The fourth-order valence-electron chi connectivity index (χ4n) is 1.69. The molecule has 1 heterocycles. The first-order valence-electron chi connectivity index (χ1n) is 5.88. The highest BCUT2D eigenvalue weighted by atomic mass is 19.4. The first-order chi connectivity index (χ1) is 9.97. The van der Waals surface area contributed by atoms with E-state index in [2.05, 4.69) is 15.3 Å². The van der Waals surface area contributed by atoms with E-state index in [1.165, 1.54) is 31.6 Å². The van der Waals surface area contributed by atoms with Gasteiger partial charge in [0.05, 0.1) is 12.7 Å². The van der Waals surface area contributed by atoms with Crippen molar-refractivity contribution in [2.24, 2.45) is 0 Å². The minimum Gasteiger partial charge on any atom is -0.489 e. The highest BCUT2D eigenvalue weighted by molar-refractivity contribution is 5.55. The Hall–Kier alpha value is -2.51. The lowest BCUT2D eigenvalue weighted by Crippen LogP contribution is -2.08. The third-order valence-electron chi connectivity index (χ3n) is 2.61. The summed E-state index contributed by atoms with van der Waals surface area (Å²) in [7, 11) is 2.94. The van der Waals surface area contributed by atoms with Gasteiger partial charge in [-0.25, -0.2) is 4.98 Å². The average Bonchev–Trinajstić information content (AvgIpc) is 2.46. The summed E-state index contributed by atoms with van der Waals surface area (Å²) in [5.41, 5.74) is -0.892. The summed E-state index contributed by atoms with van der Waals surface area (Å²) in [6.07, 6.45) is -3.36. The zero-order chi connectivity index (χ0) is 15.5. The van der Waals surface area contributed by atoms with Crippen LogP contribution < -0.4 is 14.8 Å². The van der Waals surface area contributed by atoms with Crippen LogP contribution in [0.2, 0.25) is 0 Å². The van der Waals surface area contributed by atoms with Crippen molar-refractivity contribution < 1.29 is 22.6 Å². The molecule has 0 saturated heterocycles. The summed E-state index contributed by atoms with van der Waals surface area (Å²) in [4.78, 5) is 7.70. The Morgan fingerprint density at radius 3 is 2.48 bits per heavy atom. The molecule has 21 heavy (non-hydrogen) atoms. The molecule has 8 heteroatoms. The van der Waals surface area contributed by atoms with Crippen molar-refractivity contribution in [1.82, 2.24) is 9.97 Å². The number of halogens is 3. The predicted molar refractivity (Wildman–Crippen MR) is 69.6 cm³/mol. The lowest BCUT2D eigenvalue weighted by atomic mass is 10.2. The Kier molecular flexibility index (Phi) is 4.15. The Morgan fingerprint density at radius 2 is 1.86 bits per heavy atom. The standard InChI is InChI=1S/C13H12F3N3O2/c1-17-11-10(20-2)12(19-7-18-11)21-9-6-4-3-5-8(9)13(14,15)16/h3-7H,1-2H3,(H,17,18,19). The number of nitrogens with one attached hydrogen (secondary N) is 1. The molecule has 0 aliphatic heterocycles. The average molecular weight is 299 g/mol. The lowest BCUT2D eigenvalue weighted by molar-refractivity contribution is -0.138. The van der Waals surface area contributed by atoms with Gasteiger partial charge in [0.2, 0.25) is 5.75 Å². The number of methoxy groups -OCH3 is 1. The summed E-state index contributed by atoms with van der Waals surface area (Å²) in [6, 6.07) is 4.87. The number of nitrogens with zero attached hydrogens (tertiary/aromatic N) is 2. The van der Waals surface area contributed by atoms with E-state index in [-0.39, 0.29) is 17.4 Å². The largest absolute Gasteiger partial charge is 0.489 e. The maximum absolute atomic E-state index is 12.9. The van der Waals surface area contributed by atoms with E-state index in [0.717, 1.165) is 6.07 Å². The van der Waals surface area contributed by atoms with E-state index in [9.17, 15) is 13.2 Å². The molecule has 0 aliphatic carbocycles. The number of anilines is 1. The van der Waals surface area contributed by atoms with E-state index in [4.69, 9.17) is 9.47 Å². The monoisotopic (exact) mass is 299 g/mol. The fraction of sp³-hybridized carbons (Fsp3) is 0.231. The van der Waals surface area contributed by atoms with Gasteiger partial charge < -0.3 is 14.8 Å². The molecule has 0 aliphatic rings. The topological polar surface area (TPSA) is 56.3 Å². The van der Waals surface area contributed by atoms with Crippen LogP contribution in [0, 0.1) is 0 Å². The first kappa shape index (κ1) is 14.9. The van der Waals surface area contributed by atoms with Gasteiger partial charge >= 0.3 is 6.18 Å². The van der Waals surface area contributed by atoms with E-state index in [0.29, 0.717) is 5.82 Å². The molecule has 0 amide bonds. The van der Waals surface area contributed by atoms with Gasteiger partial charge in [0, 0.05) is 7.05 Å². The second kappa shape index (κ2) is 5.86. The minimum atomic E-state index is -4.53. The van der Waals surface area contributed by atoms with Crippen molar-refractivity contribution in [3.8, 4) is 17.4 Å². The predicted octanol–water partition coefficient (Wildman–Crippen LogP) is 3.34. The van der Waals surface area contributed by atoms with Crippen LogP contribution in [0.1, 0.15) is 5.56 Å². The molecule has 2 rings (SSSR count).